The standard InChI is InChI=1S/C12H14N2O4/c13-12(18)8-4-6-9(7-5-8)14-10(15)2-1-3-11(16)17/h4-7H,1-3H2,(H2,13,18)(H,14,15)(H,16,17). The predicted octanol–water partition coefficient (Wildman–Crippen LogP) is 0.979. The van der Waals surface area contributed by atoms with Crippen molar-refractivity contribution >= 4 is 23.5 Å². The van der Waals surface area contributed by atoms with Crippen molar-refractivity contribution in [2.75, 3.05) is 5.32 Å². The van der Waals surface area contributed by atoms with E-state index in [-0.39, 0.29) is 18.7 Å². The lowest BCUT2D eigenvalue weighted by molar-refractivity contribution is -0.137. The van der Waals surface area contributed by atoms with Crippen LogP contribution in [0.2, 0.25) is 0 Å². The molecule has 4 N–H and O–H groups in total. The van der Waals surface area contributed by atoms with Crippen LogP contribution in [-0.2, 0) is 9.59 Å². The van der Waals surface area contributed by atoms with Gasteiger partial charge >= 0.3 is 5.97 Å². The number of hydrogen-bond acceptors (Lipinski definition) is 3. The summed E-state index contributed by atoms with van der Waals surface area (Å²) in [6, 6.07) is 6.15. The summed E-state index contributed by atoms with van der Waals surface area (Å²) in [5, 5.41) is 11.0. The zero-order valence-corrected chi connectivity index (χ0v) is 9.68. The van der Waals surface area contributed by atoms with Crippen molar-refractivity contribution in [3.8, 4) is 0 Å². The van der Waals surface area contributed by atoms with Crippen molar-refractivity contribution in [3.05, 3.63) is 29.8 Å². The molecule has 0 atom stereocenters. The fourth-order valence-corrected chi connectivity index (χ4v) is 1.34. The lowest BCUT2D eigenvalue weighted by Crippen LogP contribution is -2.13. The second kappa shape index (κ2) is 6.39. The summed E-state index contributed by atoms with van der Waals surface area (Å²) in [6.45, 7) is 0. The molecule has 0 saturated heterocycles. The Morgan fingerprint density at radius 2 is 1.72 bits per heavy atom. The van der Waals surface area contributed by atoms with E-state index < -0.39 is 11.9 Å². The molecule has 0 aliphatic carbocycles. The molecule has 6 heteroatoms. The zero-order valence-electron chi connectivity index (χ0n) is 9.68. The minimum atomic E-state index is -0.923. The third-order valence-corrected chi connectivity index (χ3v) is 2.25. The summed E-state index contributed by atoms with van der Waals surface area (Å²) in [5.41, 5.74) is 5.98. The summed E-state index contributed by atoms with van der Waals surface area (Å²) >= 11 is 0. The minimum Gasteiger partial charge on any atom is -0.481 e. The van der Waals surface area contributed by atoms with Crippen LogP contribution in [0.4, 0.5) is 5.69 Å². The van der Waals surface area contributed by atoms with Crippen LogP contribution in [0.15, 0.2) is 24.3 Å². The Morgan fingerprint density at radius 1 is 1.11 bits per heavy atom. The fourth-order valence-electron chi connectivity index (χ4n) is 1.34. The fraction of sp³-hybridized carbons (Fsp3) is 0.250. The average molecular weight is 250 g/mol. The van der Waals surface area contributed by atoms with Gasteiger partial charge in [-0.2, -0.15) is 0 Å². The third-order valence-electron chi connectivity index (χ3n) is 2.25. The lowest BCUT2D eigenvalue weighted by Gasteiger charge is -2.05. The highest BCUT2D eigenvalue weighted by Gasteiger charge is 2.05. The number of amides is 2. The van der Waals surface area contributed by atoms with Gasteiger partial charge in [0.15, 0.2) is 0 Å². The zero-order chi connectivity index (χ0) is 13.5. The monoisotopic (exact) mass is 250 g/mol. The quantitative estimate of drug-likeness (QED) is 0.698. The molecule has 0 radical (unpaired) electrons. The van der Waals surface area contributed by atoms with E-state index in [0.717, 1.165) is 0 Å². The summed E-state index contributed by atoms with van der Waals surface area (Å²) in [7, 11) is 0. The maximum absolute atomic E-state index is 11.4. The van der Waals surface area contributed by atoms with E-state index in [1.165, 1.54) is 12.1 Å². The number of nitrogens with one attached hydrogen (secondary N) is 1. The molecule has 1 aromatic carbocycles. The van der Waals surface area contributed by atoms with Crippen LogP contribution in [-0.4, -0.2) is 22.9 Å². The number of carboxylic acids is 1. The Hall–Kier alpha value is -2.37. The van der Waals surface area contributed by atoms with Crippen LogP contribution in [0.3, 0.4) is 0 Å². The lowest BCUT2D eigenvalue weighted by atomic mass is 10.2. The number of carbonyl (C=O) groups is 3. The van der Waals surface area contributed by atoms with Crippen molar-refractivity contribution in [2.24, 2.45) is 5.73 Å². The third kappa shape index (κ3) is 4.65. The van der Waals surface area contributed by atoms with E-state index in [1.807, 2.05) is 0 Å². The van der Waals surface area contributed by atoms with Crippen LogP contribution >= 0.6 is 0 Å². The van der Waals surface area contributed by atoms with Gasteiger partial charge in [0.1, 0.15) is 0 Å². The topological polar surface area (TPSA) is 109 Å². The highest BCUT2D eigenvalue weighted by molar-refractivity contribution is 5.94. The molecule has 0 unspecified atom stereocenters. The average Bonchev–Trinajstić information content (AvgIpc) is 2.29. The second-order valence-electron chi connectivity index (χ2n) is 3.74. The molecule has 6 nitrogen and oxygen atoms in total. The number of primary amides is 1. The second-order valence-corrected chi connectivity index (χ2v) is 3.74. The highest BCUT2D eigenvalue weighted by Crippen LogP contribution is 2.10. The predicted molar refractivity (Wildman–Crippen MR) is 65.1 cm³/mol. The molecule has 0 heterocycles. The Labute approximate surface area is 104 Å². The molecule has 0 aliphatic rings. The van der Waals surface area contributed by atoms with Crippen molar-refractivity contribution in [3.63, 3.8) is 0 Å². The minimum absolute atomic E-state index is 0.0337. The normalized spacial score (nSPS) is 9.78. The van der Waals surface area contributed by atoms with E-state index in [2.05, 4.69) is 5.32 Å². The number of anilines is 1. The molecule has 96 valence electrons. The molecule has 1 rings (SSSR count). The van der Waals surface area contributed by atoms with Crippen LogP contribution in [0.1, 0.15) is 29.6 Å². The maximum Gasteiger partial charge on any atom is 0.303 e. The summed E-state index contributed by atoms with van der Waals surface area (Å²) in [6.07, 6.45) is 0.401. The van der Waals surface area contributed by atoms with Crippen LogP contribution in [0, 0.1) is 0 Å². The molecular formula is C12H14N2O4. The van der Waals surface area contributed by atoms with Gasteiger partial charge in [0.25, 0.3) is 0 Å². The number of carbonyl (C=O) groups excluding carboxylic acids is 2. The van der Waals surface area contributed by atoms with Gasteiger partial charge in [0, 0.05) is 24.1 Å². The van der Waals surface area contributed by atoms with Gasteiger partial charge in [-0.3, -0.25) is 14.4 Å². The van der Waals surface area contributed by atoms with E-state index >= 15 is 0 Å². The van der Waals surface area contributed by atoms with Crippen LogP contribution in [0.25, 0.3) is 0 Å². The van der Waals surface area contributed by atoms with E-state index in [4.69, 9.17) is 10.8 Å². The molecule has 18 heavy (non-hydrogen) atoms. The molecule has 0 saturated carbocycles. The Morgan fingerprint density at radius 3 is 2.22 bits per heavy atom. The van der Waals surface area contributed by atoms with Crippen molar-refractivity contribution in [1.82, 2.24) is 0 Å². The van der Waals surface area contributed by atoms with Crippen LogP contribution < -0.4 is 11.1 Å². The maximum atomic E-state index is 11.4. The molecule has 0 aliphatic heterocycles. The number of nitrogens with two attached hydrogens (primary N) is 1. The summed E-state index contributed by atoms with van der Waals surface area (Å²) < 4.78 is 0. The summed E-state index contributed by atoms with van der Waals surface area (Å²) in [4.78, 5) is 32.5. The van der Waals surface area contributed by atoms with Crippen molar-refractivity contribution < 1.29 is 19.5 Å². The van der Waals surface area contributed by atoms with Gasteiger partial charge in [-0.1, -0.05) is 0 Å². The Kier molecular flexibility index (Phi) is 4.86. The molecule has 1 aromatic rings. The Balaban J connectivity index is 2.44. The highest BCUT2D eigenvalue weighted by atomic mass is 16.4. The molecule has 0 fully saturated rings. The number of aliphatic carboxylic acids is 1. The number of rotatable bonds is 6. The number of benzene rings is 1. The first-order valence-corrected chi connectivity index (χ1v) is 5.40. The van der Waals surface area contributed by atoms with Gasteiger partial charge < -0.3 is 16.2 Å². The van der Waals surface area contributed by atoms with E-state index in [1.54, 1.807) is 12.1 Å². The van der Waals surface area contributed by atoms with Gasteiger partial charge in [-0.15, -0.1) is 0 Å². The number of carboxylic acid groups (broad SMARTS) is 1. The molecule has 0 spiro atoms. The first-order chi connectivity index (χ1) is 8.49. The molecule has 2 amide bonds. The van der Waals surface area contributed by atoms with Gasteiger partial charge in [0.05, 0.1) is 0 Å². The van der Waals surface area contributed by atoms with Crippen LogP contribution in [0.5, 0.6) is 0 Å². The summed E-state index contributed by atoms with van der Waals surface area (Å²) in [5.74, 6) is -1.72. The molecule has 0 bridgehead atoms. The number of hydrogen-bond donors (Lipinski definition) is 3. The van der Waals surface area contributed by atoms with Crippen molar-refractivity contribution in [1.29, 1.82) is 0 Å². The largest absolute Gasteiger partial charge is 0.481 e. The van der Waals surface area contributed by atoms with E-state index in [9.17, 15) is 14.4 Å². The van der Waals surface area contributed by atoms with Crippen molar-refractivity contribution in [2.45, 2.75) is 19.3 Å². The molecular weight excluding hydrogens is 236 g/mol. The first-order valence-electron chi connectivity index (χ1n) is 5.40. The Bertz CT molecular complexity index is 454. The van der Waals surface area contributed by atoms with Gasteiger partial charge in [-0.05, 0) is 30.7 Å². The first kappa shape index (κ1) is 13.7. The van der Waals surface area contributed by atoms with Gasteiger partial charge in [0.2, 0.25) is 11.8 Å². The van der Waals surface area contributed by atoms with E-state index in [0.29, 0.717) is 17.7 Å². The van der Waals surface area contributed by atoms with Gasteiger partial charge in [-0.25, -0.2) is 0 Å². The SMILES string of the molecule is NC(=O)c1ccc(NC(=O)CCCC(=O)O)cc1. The smallest absolute Gasteiger partial charge is 0.303 e. The molecule has 0 aromatic heterocycles.